The van der Waals surface area contributed by atoms with Crippen LogP contribution in [-0.2, 0) is 0 Å². The van der Waals surface area contributed by atoms with Crippen molar-refractivity contribution in [1.29, 1.82) is 0 Å². The Balaban J connectivity index is 2.91. The fraction of sp³-hybridized carbons (Fsp3) is 0.333. The molecule has 0 saturated heterocycles. The van der Waals surface area contributed by atoms with Crippen LogP contribution in [0.5, 0.6) is 0 Å². The standard InChI is InChI=1S/C9H10ClFO2/c10-6-1-2-8(11)7(5-6)9(13)3-4-12/h1-2,5,9,12-13H,3-4H2/t9-/m0/s1. The van der Waals surface area contributed by atoms with Gasteiger partial charge in [-0.05, 0) is 18.2 Å². The Labute approximate surface area is 80.6 Å². The molecule has 0 aliphatic rings. The lowest BCUT2D eigenvalue weighted by atomic mass is 10.1. The molecule has 0 radical (unpaired) electrons. The lowest BCUT2D eigenvalue weighted by Crippen LogP contribution is -2.02. The summed E-state index contributed by atoms with van der Waals surface area (Å²) in [5.41, 5.74) is 0.126. The Kier molecular flexibility index (Phi) is 3.66. The molecule has 0 aromatic heterocycles. The first-order chi connectivity index (χ1) is 6.15. The highest BCUT2D eigenvalue weighted by Crippen LogP contribution is 2.23. The van der Waals surface area contributed by atoms with Crippen LogP contribution in [0.25, 0.3) is 0 Å². The summed E-state index contributed by atoms with van der Waals surface area (Å²) >= 11 is 5.62. The molecule has 1 aromatic carbocycles. The van der Waals surface area contributed by atoms with Gasteiger partial charge >= 0.3 is 0 Å². The first-order valence-electron chi connectivity index (χ1n) is 3.89. The summed E-state index contributed by atoms with van der Waals surface area (Å²) in [6, 6.07) is 3.96. The van der Waals surface area contributed by atoms with Gasteiger partial charge in [0.1, 0.15) is 5.82 Å². The number of hydrogen-bond donors (Lipinski definition) is 2. The minimum Gasteiger partial charge on any atom is -0.396 e. The third kappa shape index (κ3) is 2.66. The van der Waals surface area contributed by atoms with E-state index in [1.54, 1.807) is 0 Å². The first kappa shape index (κ1) is 10.4. The van der Waals surface area contributed by atoms with Gasteiger partial charge in [-0.2, -0.15) is 0 Å². The molecule has 0 aliphatic carbocycles. The predicted molar refractivity (Wildman–Crippen MR) is 48.1 cm³/mol. The summed E-state index contributed by atoms with van der Waals surface area (Å²) in [5, 5.41) is 18.3. The van der Waals surface area contributed by atoms with Gasteiger partial charge in [-0.3, -0.25) is 0 Å². The topological polar surface area (TPSA) is 40.5 Å². The summed E-state index contributed by atoms with van der Waals surface area (Å²) < 4.78 is 13.0. The number of hydrogen-bond acceptors (Lipinski definition) is 2. The molecule has 0 spiro atoms. The van der Waals surface area contributed by atoms with Crippen molar-refractivity contribution in [2.24, 2.45) is 0 Å². The Morgan fingerprint density at radius 2 is 2.15 bits per heavy atom. The van der Waals surface area contributed by atoms with Crippen molar-refractivity contribution in [1.82, 2.24) is 0 Å². The van der Waals surface area contributed by atoms with Crippen LogP contribution in [0.2, 0.25) is 5.02 Å². The van der Waals surface area contributed by atoms with Crippen LogP contribution in [0.15, 0.2) is 18.2 Å². The van der Waals surface area contributed by atoms with Gasteiger partial charge in [0.25, 0.3) is 0 Å². The monoisotopic (exact) mass is 204 g/mol. The Morgan fingerprint density at radius 3 is 2.77 bits per heavy atom. The lowest BCUT2D eigenvalue weighted by molar-refractivity contribution is 0.131. The van der Waals surface area contributed by atoms with E-state index in [0.717, 1.165) is 0 Å². The highest BCUT2D eigenvalue weighted by atomic mass is 35.5. The highest BCUT2D eigenvalue weighted by Gasteiger charge is 2.12. The van der Waals surface area contributed by atoms with Gasteiger partial charge < -0.3 is 10.2 Å². The number of aliphatic hydroxyl groups excluding tert-OH is 2. The van der Waals surface area contributed by atoms with E-state index in [4.69, 9.17) is 16.7 Å². The largest absolute Gasteiger partial charge is 0.396 e. The fourth-order valence-corrected chi connectivity index (χ4v) is 1.23. The second-order valence-electron chi connectivity index (χ2n) is 2.69. The van der Waals surface area contributed by atoms with Crippen molar-refractivity contribution in [3.8, 4) is 0 Å². The molecule has 0 fully saturated rings. The zero-order chi connectivity index (χ0) is 9.84. The summed E-state index contributed by atoms with van der Waals surface area (Å²) in [4.78, 5) is 0. The molecule has 4 heteroatoms. The van der Waals surface area contributed by atoms with Gasteiger partial charge in [-0.1, -0.05) is 11.6 Å². The predicted octanol–water partition coefficient (Wildman–Crippen LogP) is 1.89. The van der Waals surface area contributed by atoms with Crippen LogP contribution in [0.4, 0.5) is 4.39 Å². The van der Waals surface area contributed by atoms with Crippen LogP contribution in [0, 0.1) is 5.82 Å². The van der Waals surface area contributed by atoms with Crippen LogP contribution in [0.1, 0.15) is 18.1 Å². The lowest BCUT2D eigenvalue weighted by Gasteiger charge is -2.10. The number of rotatable bonds is 3. The van der Waals surface area contributed by atoms with Crippen molar-refractivity contribution in [2.75, 3.05) is 6.61 Å². The molecule has 1 rings (SSSR count). The van der Waals surface area contributed by atoms with Crippen molar-refractivity contribution in [3.63, 3.8) is 0 Å². The van der Waals surface area contributed by atoms with E-state index in [0.29, 0.717) is 5.02 Å². The van der Waals surface area contributed by atoms with Crippen molar-refractivity contribution in [3.05, 3.63) is 34.6 Å². The normalized spacial score (nSPS) is 12.9. The van der Waals surface area contributed by atoms with Gasteiger partial charge in [0.05, 0.1) is 6.10 Å². The Morgan fingerprint density at radius 1 is 1.46 bits per heavy atom. The number of benzene rings is 1. The SMILES string of the molecule is OCC[C@H](O)c1cc(Cl)ccc1F. The smallest absolute Gasteiger partial charge is 0.129 e. The zero-order valence-electron chi connectivity index (χ0n) is 6.87. The molecule has 0 saturated carbocycles. The number of halogens is 2. The van der Waals surface area contributed by atoms with E-state index in [1.807, 2.05) is 0 Å². The van der Waals surface area contributed by atoms with E-state index in [2.05, 4.69) is 0 Å². The quantitative estimate of drug-likeness (QED) is 0.790. The van der Waals surface area contributed by atoms with Gasteiger partial charge in [0, 0.05) is 23.6 Å². The van der Waals surface area contributed by atoms with E-state index in [9.17, 15) is 9.50 Å². The second kappa shape index (κ2) is 4.56. The highest BCUT2D eigenvalue weighted by molar-refractivity contribution is 6.30. The van der Waals surface area contributed by atoms with Crippen molar-refractivity contribution >= 4 is 11.6 Å². The minimum absolute atomic E-state index is 0.108. The molecule has 2 N–H and O–H groups in total. The van der Waals surface area contributed by atoms with E-state index < -0.39 is 11.9 Å². The van der Waals surface area contributed by atoms with Crippen LogP contribution in [0.3, 0.4) is 0 Å². The van der Waals surface area contributed by atoms with Crippen molar-refractivity contribution in [2.45, 2.75) is 12.5 Å². The average molecular weight is 205 g/mol. The van der Waals surface area contributed by atoms with Crippen LogP contribution < -0.4 is 0 Å². The molecule has 0 aliphatic heterocycles. The summed E-state index contributed by atoms with van der Waals surface area (Å²) in [6.45, 7) is -0.187. The molecule has 13 heavy (non-hydrogen) atoms. The maximum absolute atomic E-state index is 13.0. The van der Waals surface area contributed by atoms with E-state index in [-0.39, 0.29) is 18.6 Å². The van der Waals surface area contributed by atoms with E-state index >= 15 is 0 Å². The molecule has 2 nitrogen and oxygen atoms in total. The maximum Gasteiger partial charge on any atom is 0.129 e. The zero-order valence-corrected chi connectivity index (χ0v) is 7.63. The maximum atomic E-state index is 13.0. The molecular formula is C9H10ClFO2. The summed E-state index contributed by atoms with van der Waals surface area (Å²) in [7, 11) is 0. The third-order valence-electron chi connectivity index (χ3n) is 1.72. The number of aliphatic hydroxyl groups is 2. The van der Waals surface area contributed by atoms with Gasteiger partial charge in [0.15, 0.2) is 0 Å². The molecule has 1 aromatic rings. The van der Waals surface area contributed by atoms with Gasteiger partial charge in [-0.15, -0.1) is 0 Å². The van der Waals surface area contributed by atoms with Crippen molar-refractivity contribution < 1.29 is 14.6 Å². The molecule has 0 heterocycles. The molecule has 0 bridgehead atoms. The Hall–Kier alpha value is -0.640. The van der Waals surface area contributed by atoms with Crippen LogP contribution >= 0.6 is 11.6 Å². The van der Waals surface area contributed by atoms with Gasteiger partial charge in [-0.25, -0.2) is 4.39 Å². The summed E-state index contributed by atoms with van der Waals surface area (Å²) in [6.07, 6.45) is -0.888. The molecule has 1 atom stereocenters. The van der Waals surface area contributed by atoms with E-state index in [1.165, 1.54) is 18.2 Å². The first-order valence-corrected chi connectivity index (χ1v) is 4.27. The van der Waals surface area contributed by atoms with Crippen LogP contribution in [-0.4, -0.2) is 16.8 Å². The molecule has 0 unspecified atom stereocenters. The molecule has 72 valence electrons. The minimum atomic E-state index is -0.997. The van der Waals surface area contributed by atoms with Gasteiger partial charge in [0.2, 0.25) is 0 Å². The average Bonchev–Trinajstić information content (AvgIpc) is 2.09. The Bertz CT molecular complexity index is 291. The molecule has 0 amide bonds. The third-order valence-corrected chi connectivity index (χ3v) is 1.95. The fourth-order valence-electron chi connectivity index (χ4n) is 1.05. The molecular weight excluding hydrogens is 195 g/mol. The summed E-state index contributed by atoms with van der Waals surface area (Å²) in [5.74, 6) is -0.509. The second-order valence-corrected chi connectivity index (χ2v) is 3.13.